The molecule has 0 saturated carbocycles. The molecule has 0 radical (unpaired) electrons. The summed E-state index contributed by atoms with van der Waals surface area (Å²) < 4.78 is 10.2. The Bertz CT molecular complexity index is 508. The maximum Gasteiger partial charge on any atom is 0.414 e. The molecule has 0 aliphatic carbocycles. The molecule has 0 bridgehead atoms. The highest BCUT2D eigenvalue weighted by Gasteiger charge is 2.25. The molecule has 1 aromatic carbocycles. The smallest absolute Gasteiger partial charge is 0.414 e. The normalized spacial score (nSPS) is 21.9. The molecule has 20 heavy (non-hydrogen) atoms. The van der Waals surface area contributed by atoms with Crippen LogP contribution in [0, 0.1) is 0 Å². The quantitative estimate of drug-likeness (QED) is 0.913. The molecule has 3 rings (SSSR count). The standard InChI is InChI=1S/C14H16N2O4/c17-13(12-2-1-8-19-12)15-10-3-5-11(6-4-10)16-7-9-20-14(16)18/h3-6,12H,1-2,7-9H2,(H,15,17). The number of nitrogens with zero attached hydrogens (tertiary/aromatic N) is 1. The number of amides is 2. The number of hydrogen-bond acceptors (Lipinski definition) is 4. The van der Waals surface area contributed by atoms with E-state index >= 15 is 0 Å². The van der Waals surface area contributed by atoms with Gasteiger partial charge in [-0.25, -0.2) is 4.79 Å². The molecule has 0 aromatic heterocycles. The number of benzene rings is 1. The Kier molecular flexibility index (Phi) is 3.56. The van der Waals surface area contributed by atoms with Crippen LogP contribution in [0.25, 0.3) is 0 Å². The second-order valence-corrected chi connectivity index (χ2v) is 4.80. The molecule has 1 N–H and O–H groups in total. The van der Waals surface area contributed by atoms with Crippen molar-refractivity contribution in [3.05, 3.63) is 24.3 Å². The van der Waals surface area contributed by atoms with Crippen LogP contribution in [0.15, 0.2) is 24.3 Å². The highest BCUT2D eigenvalue weighted by Crippen LogP contribution is 2.22. The lowest BCUT2D eigenvalue weighted by atomic mass is 10.2. The molecular formula is C14H16N2O4. The van der Waals surface area contributed by atoms with E-state index < -0.39 is 0 Å². The average molecular weight is 276 g/mol. The molecule has 1 unspecified atom stereocenters. The third-order valence-electron chi connectivity index (χ3n) is 3.43. The topological polar surface area (TPSA) is 67.9 Å². The minimum Gasteiger partial charge on any atom is -0.447 e. The van der Waals surface area contributed by atoms with Gasteiger partial charge in [-0.1, -0.05) is 0 Å². The summed E-state index contributed by atoms with van der Waals surface area (Å²) in [6, 6.07) is 7.12. The summed E-state index contributed by atoms with van der Waals surface area (Å²) in [6.45, 7) is 1.62. The van der Waals surface area contributed by atoms with Crippen LogP contribution in [0.1, 0.15) is 12.8 Å². The third-order valence-corrected chi connectivity index (χ3v) is 3.43. The minimum atomic E-state index is -0.344. The number of nitrogens with one attached hydrogen (secondary N) is 1. The zero-order chi connectivity index (χ0) is 13.9. The van der Waals surface area contributed by atoms with E-state index in [1.165, 1.54) is 0 Å². The molecular weight excluding hydrogens is 260 g/mol. The fourth-order valence-corrected chi connectivity index (χ4v) is 2.36. The summed E-state index contributed by atoms with van der Waals surface area (Å²) in [5, 5.41) is 2.81. The van der Waals surface area contributed by atoms with Crippen LogP contribution < -0.4 is 10.2 Å². The predicted octanol–water partition coefficient (Wildman–Crippen LogP) is 1.76. The van der Waals surface area contributed by atoms with Gasteiger partial charge in [0.15, 0.2) is 0 Å². The second kappa shape index (κ2) is 5.50. The Balaban J connectivity index is 1.63. The van der Waals surface area contributed by atoms with Gasteiger partial charge in [-0.3, -0.25) is 9.69 Å². The minimum absolute atomic E-state index is 0.115. The van der Waals surface area contributed by atoms with Gasteiger partial charge in [0.1, 0.15) is 12.7 Å². The van der Waals surface area contributed by atoms with Crippen molar-refractivity contribution < 1.29 is 19.1 Å². The fourth-order valence-electron chi connectivity index (χ4n) is 2.36. The van der Waals surface area contributed by atoms with Crippen LogP contribution >= 0.6 is 0 Å². The first-order chi connectivity index (χ1) is 9.74. The lowest BCUT2D eigenvalue weighted by molar-refractivity contribution is -0.124. The fraction of sp³-hybridized carbons (Fsp3) is 0.429. The lowest BCUT2D eigenvalue weighted by Crippen LogP contribution is -2.27. The summed E-state index contributed by atoms with van der Waals surface area (Å²) in [7, 11) is 0. The molecule has 2 saturated heterocycles. The highest BCUT2D eigenvalue weighted by atomic mass is 16.6. The van der Waals surface area contributed by atoms with Gasteiger partial charge in [0.25, 0.3) is 5.91 Å². The number of cyclic esters (lactones) is 1. The third kappa shape index (κ3) is 2.60. The van der Waals surface area contributed by atoms with Gasteiger partial charge in [-0.2, -0.15) is 0 Å². The lowest BCUT2D eigenvalue weighted by Gasteiger charge is -2.14. The van der Waals surface area contributed by atoms with Crippen LogP contribution in [0.2, 0.25) is 0 Å². The van der Waals surface area contributed by atoms with E-state index in [4.69, 9.17) is 9.47 Å². The molecule has 106 valence electrons. The van der Waals surface area contributed by atoms with Gasteiger partial charge in [-0.15, -0.1) is 0 Å². The van der Waals surface area contributed by atoms with E-state index in [1.807, 2.05) is 0 Å². The number of hydrogen-bond donors (Lipinski definition) is 1. The van der Waals surface area contributed by atoms with E-state index in [9.17, 15) is 9.59 Å². The van der Waals surface area contributed by atoms with Crippen molar-refractivity contribution in [1.29, 1.82) is 0 Å². The summed E-state index contributed by atoms with van der Waals surface area (Å²) in [6.07, 6.45) is 1.02. The molecule has 1 atom stereocenters. The summed E-state index contributed by atoms with van der Waals surface area (Å²) in [4.78, 5) is 24.9. The van der Waals surface area contributed by atoms with Crippen LogP contribution in [0.4, 0.5) is 16.2 Å². The molecule has 1 aromatic rings. The maximum absolute atomic E-state index is 11.9. The Hall–Kier alpha value is -2.08. The molecule has 2 fully saturated rings. The Labute approximate surface area is 116 Å². The Morgan fingerprint density at radius 2 is 2.05 bits per heavy atom. The van der Waals surface area contributed by atoms with Crippen molar-refractivity contribution in [2.75, 3.05) is 30.0 Å². The summed E-state index contributed by atoms with van der Waals surface area (Å²) in [5.41, 5.74) is 1.46. The monoisotopic (exact) mass is 276 g/mol. The SMILES string of the molecule is O=C(Nc1ccc(N2CCOC2=O)cc1)C1CCCO1. The van der Waals surface area contributed by atoms with Gasteiger partial charge < -0.3 is 14.8 Å². The van der Waals surface area contributed by atoms with Crippen LogP contribution in [0.5, 0.6) is 0 Å². The van der Waals surface area contributed by atoms with Gasteiger partial charge in [-0.05, 0) is 37.1 Å². The molecule has 2 aliphatic rings. The Morgan fingerprint density at radius 1 is 1.25 bits per heavy atom. The van der Waals surface area contributed by atoms with Crippen molar-refractivity contribution in [3.63, 3.8) is 0 Å². The van der Waals surface area contributed by atoms with E-state index in [1.54, 1.807) is 29.2 Å². The molecule has 2 amide bonds. The van der Waals surface area contributed by atoms with E-state index in [0.29, 0.717) is 25.4 Å². The summed E-state index contributed by atoms with van der Waals surface area (Å²) >= 11 is 0. The van der Waals surface area contributed by atoms with Crippen molar-refractivity contribution in [3.8, 4) is 0 Å². The zero-order valence-electron chi connectivity index (χ0n) is 11.0. The molecule has 2 heterocycles. The number of rotatable bonds is 3. The van der Waals surface area contributed by atoms with Gasteiger partial charge >= 0.3 is 6.09 Å². The predicted molar refractivity (Wildman–Crippen MR) is 72.7 cm³/mol. The Morgan fingerprint density at radius 3 is 2.65 bits per heavy atom. The second-order valence-electron chi connectivity index (χ2n) is 4.80. The molecule has 6 nitrogen and oxygen atoms in total. The van der Waals surface area contributed by atoms with Gasteiger partial charge in [0.05, 0.1) is 6.54 Å². The zero-order valence-corrected chi connectivity index (χ0v) is 11.0. The van der Waals surface area contributed by atoms with E-state index in [2.05, 4.69) is 5.32 Å². The van der Waals surface area contributed by atoms with Crippen LogP contribution in [0.3, 0.4) is 0 Å². The van der Waals surface area contributed by atoms with Crippen molar-refractivity contribution >= 4 is 23.4 Å². The average Bonchev–Trinajstić information content (AvgIpc) is 3.11. The van der Waals surface area contributed by atoms with Crippen LogP contribution in [-0.4, -0.2) is 37.9 Å². The first-order valence-electron chi connectivity index (χ1n) is 6.71. The van der Waals surface area contributed by atoms with Crippen molar-refractivity contribution in [2.24, 2.45) is 0 Å². The molecule has 2 aliphatic heterocycles. The van der Waals surface area contributed by atoms with Gasteiger partial charge in [0, 0.05) is 18.0 Å². The molecule has 0 spiro atoms. The number of anilines is 2. The maximum atomic E-state index is 11.9. The first-order valence-corrected chi connectivity index (χ1v) is 6.71. The van der Waals surface area contributed by atoms with Crippen LogP contribution in [-0.2, 0) is 14.3 Å². The number of carbonyl (C=O) groups is 2. The largest absolute Gasteiger partial charge is 0.447 e. The summed E-state index contributed by atoms with van der Waals surface area (Å²) in [5.74, 6) is -0.115. The number of ether oxygens (including phenoxy) is 2. The van der Waals surface area contributed by atoms with Gasteiger partial charge in [0.2, 0.25) is 0 Å². The van der Waals surface area contributed by atoms with Crippen molar-refractivity contribution in [1.82, 2.24) is 0 Å². The van der Waals surface area contributed by atoms with E-state index in [-0.39, 0.29) is 18.1 Å². The van der Waals surface area contributed by atoms with Crippen molar-refractivity contribution in [2.45, 2.75) is 18.9 Å². The highest BCUT2D eigenvalue weighted by molar-refractivity contribution is 5.95. The molecule has 6 heteroatoms. The first kappa shape index (κ1) is 12.9. The van der Waals surface area contributed by atoms with E-state index in [0.717, 1.165) is 18.5 Å². The number of carbonyl (C=O) groups excluding carboxylic acids is 2.